The molecule has 0 bridgehead atoms. The third-order valence-electron chi connectivity index (χ3n) is 14.3. The average molecular weight is 878 g/mol. The minimum Gasteiger partial charge on any atom is -0.310 e. The van der Waals surface area contributed by atoms with Crippen molar-refractivity contribution in [3.63, 3.8) is 0 Å². The third kappa shape index (κ3) is 6.90. The highest BCUT2D eigenvalue weighted by Crippen LogP contribution is 2.53. The van der Waals surface area contributed by atoms with Gasteiger partial charge in [0.25, 0.3) is 0 Å². The van der Waals surface area contributed by atoms with E-state index in [-0.39, 0.29) is 10.8 Å². The molecule has 0 amide bonds. The van der Waals surface area contributed by atoms with Gasteiger partial charge in [-0.05, 0) is 119 Å². The lowest BCUT2D eigenvalue weighted by Gasteiger charge is -2.31. The van der Waals surface area contributed by atoms with Crippen molar-refractivity contribution in [3.05, 3.63) is 235 Å². The molecule has 12 rings (SSSR count). The van der Waals surface area contributed by atoms with Crippen molar-refractivity contribution in [2.75, 3.05) is 4.90 Å². The Kier molecular flexibility index (Phi) is 9.68. The number of hydrogen-bond donors (Lipinski definition) is 0. The van der Waals surface area contributed by atoms with E-state index in [1.807, 2.05) is 11.3 Å². The van der Waals surface area contributed by atoms with E-state index >= 15 is 0 Å². The van der Waals surface area contributed by atoms with E-state index in [9.17, 15) is 0 Å². The summed E-state index contributed by atoms with van der Waals surface area (Å²) in [6, 6.07) is 81.6. The van der Waals surface area contributed by atoms with Crippen LogP contribution in [0.25, 0.3) is 86.6 Å². The summed E-state index contributed by atoms with van der Waals surface area (Å²) in [5.74, 6) is 0. The van der Waals surface area contributed by atoms with E-state index in [4.69, 9.17) is 0 Å². The molecule has 0 saturated carbocycles. The fourth-order valence-electron chi connectivity index (χ4n) is 10.7. The van der Waals surface area contributed by atoms with E-state index in [1.54, 1.807) is 0 Å². The molecule has 1 nitrogen and oxygen atoms in total. The van der Waals surface area contributed by atoms with Crippen molar-refractivity contribution in [1.29, 1.82) is 0 Å². The quantitative estimate of drug-likeness (QED) is 0.154. The zero-order valence-electron chi connectivity index (χ0n) is 38.6. The number of anilines is 3. The first-order valence-corrected chi connectivity index (χ1v) is 24.3. The van der Waals surface area contributed by atoms with Gasteiger partial charge in [-0.2, -0.15) is 0 Å². The Morgan fingerprint density at radius 1 is 0.403 bits per heavy atom. The van der Waals surface area contributed by atoms with Gasteiger partial charge < -0.3 is 4.90 Å². The molecule has 0 saturated heterocycles. The van der Waals surface area contributed by atoms with Gasteiger partial charge in [0.05, 0.1) is 5.69 Å². The molecule has 1 aliphatic rings. The van der Waals surface area contributed by atoms with E-state index in [0.717, 1.165) is 17.1 Å². The molecule has 0 fully saturated rings. The van der Waals surface area contributed by atoms with Gasteiger partial charge >= 0.3 is 0 Å². The smallest absolute Gasteiger partial charge is 0.0546 e. The molecule has 10 aromatic carbocycles. The molecular formula is C65H51NS. The van der Waals surface area contributed by atoms with Crippen LogP contribution in [-0.2, 0) is 10.8 Å². The van der Waals surface area contributed by atoms with Crippen LogP contribution in [0.3, 0.4) is 0 Å². The van der Waals surface area contributed by atoms with E-state index in [1.165, 1.54) is 103 Å². The lowest BCUT2D eigenvalue weighted by atomic mass is 9.82. The first kappa shape index (κ1) is 40.9. The molecule has 1 heterocycles. The highest BCUT2D eigenvalue weighted by molar-refractivity contribution is 7.26. The molecule has 11 aromatic rings. The van der Waals surface area contributed by atoms with Crippen LogP contribution in [-0.4, -0.2) is 0 Å². The summed E-state index contributed by atoms with van der Waals surface area (Å²) in [5, 5.41) is 5.07. The van der Waals surface area contributed by atoms with E-state index < -0.39 is 0 Å². The average Bonchev–Trinajstić information content (AvgIpc) is 3.86. The summed E-state index contributed by atoms with van der Waals surface area (Å²) in [7, 11) is 0. The lowest BCUT2D eigenvalue weighted by Crippen LogP contribution is -2.17. The maximum absolute atomic E-state index is 2.52. The van der Waals surface area contributed by atoms with Crippen LogP contribution in [0.1, 0.15) is 51.3 Å². The first-order chi connectivity index (χ1) is 32.6. The Hall–Kier alpha value is -7.52. The molecule has 0 spiro atoms. The van der Waals surface area contributed by atoms with Crippen molar-refractivity contribution in [1.82, 2.24) is 0 Å². The van der Waals surface area contributed by atoms with Gasteiger partial charge in [0.2, 0.25) is 0 Å². The highest BCUT2D eigenvalue weighted by atomic mass is 32.1. The predicted molar refractivity (Wildman–Crippen MR) is 290 cm³/mol. The van der Waals surface area contributed by atoms with Crippen LogP contribution in [0.4, 0.5) is 17.1 Å². The number of benzene rings is 10. The highest BCUT2D eigenvalue weighted by Gasteiger charge is 2.36. The second kappa shape index (κ2) is 15.8. The van der Waals surface area contributed by atoms with E-state index in [0.29, 0.717) is 0 Å². The summed E-state index contributed by atoms with van der Waals surface area (Å²) in [5.41, 5.74) is 19.6. The molecule has 0 aliphatic heterocycles. The molecule has 1 aromatic heterocycles. The number of fused-ring (bicyclic) bond motifs is 7. The maximum atomic E-state index is 2.52. The van der Waals surface area contributed by atoms with Gasteiger partial charge in [0.15, 0.2) is 0 Å². The number of hydrogen-bond acceptors (Lipinski definition) is 2. The van der Waals surface area contributed by atoms with Gasteiger partial charge in [-0.1, -0.05) is 217 Å². The Labute approximate surface area is 398 Å². The molecule has 67 heavy (non-hydrogen) atoms. The second-order valence-corrected chi connectivity index (χ2v) is 20.7. The van der Waals surface area contributed by atoms with Gasteiger partial charge in [-0.15, -0.1) is 11.3 Å². The normalized spacial score (nSPS) is 13.0. The van der Waals surface area contributed by atoms with Crippen LogP contribution in [0.5, 0.6) is 0 Å². The van der Waals surface area contributed by atoms with Crippen molar-refractivity contribution in [3.8, 4) is 55.6 Å². The maximum Gasteiger partial charge on any atom is 0.0546 e. The Morgan fingerprint density at radius 2 is 0.985 bits per heavy atom. The van der Waals surface area contributed by atoms with Gasteiger partial charge in [-0.25, -0.2) is 0 Å². The lowest BCUT2D eigenvalue weighted by molar-refractivity contribution is 0.590. The fraction of sp³-hybridized carbons (Fsp3) is 0.108. The van der Waals surface area contributed by atoms with Crippen LogP contribution in [0.15, 0.2) is 218 Å². The zero-order chi connectivity index (χ0) is 45.4. The van der Waals surface area contributed by atoms with Gasteiger partial charge in [0.1, 0.15) is 0 Å². The monoisotopic (exact) mass is 877 g/mol. The number of rotatable bonds is 7. The number of nitrogens with zero attached hydrogens (tertiary/aromatic N) is 1. The molecule has 0 unspecified atom stereocenters. The molecule has 1 aliphatic carbocycles. The number of thiophene rings is 1. The standard InChI is InChI=1S/C65H51NS/c1-64(2,3)47-33-30-44(31-34-47)50-37-35-48(40-57(50)42-16-7-6-8-17-42)66(49-36-38-54-53-20-11-13-24-58(53)65(4,5)59(54)41-49)60-39-32-43-18-9-10-19-51(43)62(60)46-28-26-45(27-29-46)52-22-15-23-56-55-21-12-14-25-61(55)67-63(52)56/h6-41H,1-5H3. The Balaban J connectivity index is 1.08. The molecule has 0 N–H and O–H groups in total. The topological polar surface area (TPSA) is 3.24 Å². The third-order valence-corrected chi connectivity index (χ3v) is 15.5. The van der Waals surface area contributed by atoms with Crippen LogP contribution >= 0.6 is 11.3 Å². The summed E-state index contributed by atoms with van der Waals surface area (Å²) in [4.78, 5) is 2.52. The van der Waals surface area contributed by atoms with Crippen LogP contribution < -0.4 is 4.90 Å². The SMILES string of the molecule is CC(C)(C)c1ccc(-c2ccc(N(c3ccc4c(c3)C(C)(C)c3ccccc3-4)c3ccc4ccccc4c3-c3ccc(-c4cccc5c4sc4ccccc45)cc3)cc2-c2ccccc2)cc1. The Bertz CT molecular complexity index is 3680. The fourth-order valence-corrected chi connectivity index (χ4v) is 12.0. The molecule has 2 heteroatoms. The molecule has 322 valence electrons. The largest absolute Gasteiger partial charge is 0.310 e. The van der Waals surface area contributed by atoms with Crippen molar-refractivity contribution >= 4 is 59.3 Å². The zero-order valence-corrected chi connectivity index (χ0v) is 39.5. The summed E-state index contributed by atoms with van der Waals surface area (Å²) in [6.07, 6.45) is 0. The molecule has 0 radical (unpaired) electrons. The van der Waals surface area contributed by atoms with Crippen molar-refractivity contribution < 1.29 is 0 Å². The van der Waals surface area contributed by atoms with Crippen molar-refractivity contribution in [2.45, 2.75) is 45.4 Å². The van der Waals surface area contributed by atoms with Crippen molar-refractivity contribution in [2.24, 2.45) is 0 Å². The van der Waals surface area contributed by atoms with Gasteiger partial charge in [0, 0.05) is 42.5 Å². The minimum absolute atomic E-state index is 0.0715. The molecular weight excluding hydrogens is 827 g/mol. The second-order valence-electron chi connectivity index (χ2n) is 19.7. The first-order valence-electron chi connectivity index (χ1n) is 23.5. The Morgan fingerprint density at radius 3 is 1.78 bits per heavy atom. The summed E-state index contributed by atoms with van der Waals surface area (Å²) < 4.78 is 2.65. The minimum atomic E-state index is -0.162. The predicted octanol–water partition coefficient (Wildman–Crippen LogP) is 18.9. The van der Waals surface area contributed by atoms with Gasteiger partial charge in [-0.3, -0.25) is 0 Å². The summed E-state index contributed by atoms with van der Waals surface area (Å²) in [6.45, 7) is 11.6. The van der Waals surface area contributed by atoms with E-state index in [2.05, 4.69) is 258 Å². The molecule has 0 atom stereocenters. The van der Waals surface area contributed by atoms with Crippen LogP contribution in [0.2, 0.25) is 0 Å². The summed E-state index contributed by atoms with van der Waals surface area (Å²) >= 11 is 1.89. The van der Waals surface area contributed by atoms with Crippen LogP contribution in [0, 0.1) is 0 Å².